The molecule has 0 aliphatic carbocycles. The van der Waals surface area contributed by atoms with Gasteiger partial charge in [0, 0.05) is 38.0 Å². The fourth-order valence-electron chi connectivity index (χ4n) is 2.46. The van der Waals surface area contributed by atoms with Gasteiger partial charge in [0.15, 0.2) is 11.5 Å². The molecule has 1 aromatic carbocycles. The summed E-state index contributed by atoms with van der Waals surface area (Å²) in [7, 11) is -0.609. The molecule has 0 saturated heterocycles. The highest BCUT2D eigenvalue weighted by atomic mass is 32.2. The summed E-state index contributed by atoms with van der Waals surface area (Å²) in [6, 6.07) is 8.42. The molecule has 1 amide bonds. The Bertz CT molecular complexity index is 872. The summed E-state index contributed by atoms with van der Waals surface area (Å²) in [5.74, 6) is 0.640. The highest BCUT2D eigenvalue weighted by Crippen LogP contribution is 2.32. The molecule has 1 aromatic heterocycles. The zero-order valence-corrected chi connectivity index (χ0v) is 16.3. The van der Waals surface area contributed by atoms with E-state index in [1.165, 1.54) is 18.5 Å². The molecule has 0 atom stereocenters. The third-order valence-electron chi connectivity index (χ3n) is 3.81. The van der Waals surface area contributed by atoms with Gasteiger partial charge in [-0.15, -0.1) is 0 Å². The lowest BCUT2D eigenvalue weighted by Crippen LogP contribution is -2.34. The summed E-state index contributed by atoms with van der Waals surface area (Å²) >= 11 is 0. The number of nitrogens with one attached hydrogen (secondary N) is 1. The van der Waals surface area contributed by atoms with Gasteiger partial charge in [0.25, 0.3) is 0 Å². The van der Waals surface area contributed by atoms with E-state index in [1.54, 1.807) is 36.7 Å². The molecule has 27 heavy (non-hydrogen) atoms. The van der Waals surface area contributed by atoms with Gasteiger partial charge in [-0.1, -0.05) is 6.07 Å². The van der Waals surface area contributed by atoms with E-state index in [-0.39, 0.29) is 18.9 Å². The predicted molar refractivity (Wildman–Crippen MR) is 102 cm³/mol. The van der Waals surface area contributed by atoms with Gasteiger partial charge >= 0.3 is 0 Å². The normalized spacial score (nSPS) is 10.9. The second kappa shape index (κ2) is 9.22. The smallest absolute Gasteiger partial charge is 0.232 e. The Labute approximate surface area is 159 Å². The molecule has 0 bridgehead atoms. The van der Waals surface area contributed by atoms with Crippen LogP contribution in [-0.4, -0.2) is 46.3 Å². The molecule has 2 aromatic rings. The molecule has 0 saturated carbocycles. The zero-order chi connectivity index (χ0) is 19.9. The Kier molecular flexibility index (Phi) is 7.00. The fraction of sp³-hybridized carbons (Fsp3) is 0.333. The first kappa shape index (κ1) is 20.5. The monoisotopic (exact) mass is 393 g/mol. The lowest BCUT2D eigenvalue weighted by atomic mass is 10.2. The zero-order valence-electron chi connectivity index (χ0n) is 15.5. The van der Waals surface area contributed by atoms with E-state index < -0.39 is 10.0 Å². The molecular weight excluding hydrogens is 370 g/mol. The summed E-state index contributed by atoms with van der Waals surface area (Å²) in [5.41, 5.74) is 1.26. The van der Waals surface area contributed by atoms with Crippen LogP contribution in [0.5, 0.6) is 11.5 Å². The number of amides is 1. The van der Waals surface area contributed by atoms with Gasteiger partial charge in [-0.2, -0.15) is 0 Å². The van der Waals surface area contributed by atoms with Gasteiger partial charge in [0.05, 0.1) is 26.2 Å². The van der Waals surface area contributed by atoms with Crippen molar-refractivity contribution in [1.29, 1.82) is 0 Å². The third kappa shape index (κ3) is 5.85. The highest BCUT2D eigenvalue weighted by molar-refractivity contribution is 7.92. The van der Waals surface area contributed by atoms with E-state index in [1.807, 2.05) is 6.07 Å². The lowest BCUT2D eigenvalue weighted by Gasteiger charge is -2.23. The Hall–Kier alpha value is -2.81. The van der Waals surface area contributed by atoms with E-state index in [0.717, 1.165) is 11.8 Å². The number of aromatic nitrogens is 1. The number of ether oxygens (including phenoxy) is 2. The largest absolute Gasteiger partial charge is 0.493 e. The van der Waals surface area contributed by atoms with Gasteiger partial charge < -0.3 is 14.8 Å². The number of rotatable bonds is 9. The molecule has 2 rings (SSSR count). The number of nitrogens with zero attached hydrogens (tertiary/aromatic N) is 2. The van der Waals surface area contributed by atoms with Crippen LogP contribution in [0.3, 0.4) is 0 Å². The summed E-state index contributed by atoms with van der Waals surface area (Å²) in [6.07, 6.45) is 4.42. The minimum Gasteiger partial charge on any atom is -0.493 e. The summed E-state index contributed by atoms with van der Waals surface area (Å²) in [6.45, 7) is 0.342. The molecule has 8 nitrogen and oxygen atoms in total. The number of methoxy groups -OCH3 is 2. The van der Waals surface area contributed by atoms with Crippen LogP contribution in [0.2, 0.25) is 0 Å². The SMILES string of the molecule is COc1ccc(N(CCC(=O)NCc2cccnc2)S(C)(=O)=O)cc1OC. The van der Waals surface area contributed by atoms with Crippen molar-refractivity contribution >= 4 is 21.6 Å². The van der Waals surface area contributed by atoms with E-state index in [9.17, 15) is 13.2 Å². The number of hydrogen-bond acceptors (Lipinski definition) is 6. The topological polar surface area (TPSA) is 97.8 Å². The molecule has 146 valence electrons. The standard InChI is InChI=1S/C18H23N3O5S/c1-25-16-7-6-15(11-17(16)26-2)21(27(3,23)24)10-8-18(22)20-13-14-5-4-9-19-12-14/h4-7,9,11-12H,8,10,13H2,1-3H3,(H,20,22). The molecule has 0 spiro atoms. The van der Waals surface area contributed by atoms with Crippen LogP contribution in [0.4, 0.5) is 5.69 Å². The molecular formula is C18H23N3O5S. The van der Waals surface area contributed by atoms with Gasteiger partial charge in [-0.25, -0.2) is 8.42 Å². The molecule has 0 aliphatic rings. The van der Waals surface area contributed by atoms with E-state index >= 15 is 0 Å². The van der Waals surface area contributed by atoms with Crippen molar-refractivity contribution < 1.29 is 22.7 Å². The predicted octanol–water partition coefficient (Wildman–Crippen LogP) is 1.57. The van der Waals surface area contributed by atoms with Crippen LogP contribution < -0.4 is 19.1 Å². The molecule has 0 fully saturated rings. The second-order valence-electron chi connectivity index (χ2n) is 5.76. The molecule has 9 heteroatoms. The first-order valence-corrected chi connectivity index (χ1v) is 10.1. The van der Waals surface area contributed by atoms with Crippen LogP contribution in [0.1, 0.15) is 12.0 Å². The van der Waals surface area contributed by atoms with Gasteiger partial charge in [-0.3, -0.25) is 14.1 Å². The maximum atomic E-state index is 12.2. The van der Waals surface area contributed by atoms with E-state index in [0.29, 0.717) is 23.7 Å². The van der Waals surface area contributed by atoms with Crippen molar-refractivity contribution in [3.8, 4) is 11.5 Å². The van der Waals surface area contributed by atoms with Crippen molar-refractivity contribution in [3.63, 3.8) is 0 Å². The summed E-state index contributed by atoms with van der Waals surface area (Å²) in [5, 5.41) is 2.75. The Morgan fingerprint density at radius 1 is 1.19 bits per heavy atom. The van der Waals surface area contributed by atoms with Crippen LogP contribution >= 0.6 is 0 Å². The highest BCUT2D eigenvalue weighted by Gasteiger charge is 2.20. The average molecular weight is 393 g/mol. The quantitative estimate of drug-likeness (QED) is 0.694. The van der Waals surface area contributed by atoms with E-state index in [4.69, 9.17) is 9.47 Å². The van der Waals surface area contributed by atoms with Crippen molar-refractivity contribution in [2.45, 2.75) is 13.0 Å². The Morgan fingerprint density at radius 2 is 1.93 bits per heavy atom. The average Bonchev–Trinajstić information content (AvgIpc) is 2.66. The Morgan fingerprint density at radius 3 is 2.52 bits per heavy atom. The van der Waals surface area contributed by atoms with Crippen molar-refractivity contribution in [3.05, 3.63) is 48.3 Å². The Balaban J connectivity index is 2.06. The first-order chi connectivity index (χ1) is 12.8. The van der Waals surface area contributed by atoms with Crippen molar-refractivity contribution in [1.82, 2.24) is 10.3 Å². The number of anilines is 1. The fourth-order valence-corrected chi connectivity index (χ4v) is 3.38. The molecule has 1 heterocycles. The maximum absolute atomic E-state index is 12.2. The molecule has 0 aliphatic heterocycles. The summed E-state index contributed by atoms with van der Waals surface area (Å²) < 4.78 is 35.9. The number of hydrogen-bond donors (Lipinski definition) is 1. The van der Waals surface area contributed by atoms with Crippen LogP contribution in [0.15, 0.2) is 42.7 Å². The minimum absolute atomic E-state index is 0.00713. The molecule has 0 unspecified atom stereocenters. The number of pyridine rings is 1. The van der Waals surface area contributed by atoms with Crippen LogP contribution in [0.25, 0.3) is 0 Å². The van der Waals surface area contributed by atoms with Crippen LogP contribution in [0, 0.1) is 0 Å². The lowest BCUT2D eigenvalue weighted by molar-refractivity contribution is -0.121. The maximum Gasteiger partial charge on any atom is 0.232 e. The number of carbonyl (C=O) groups is 1. The first-order valence-electron chi connectivity index (χ1n) is 8.20. The summed E-state index contributed by atoms with van der Waals surface area (Å²) in [4.78, 5) is 16.1. The van der Waals surface area contributed by atoms with Crippen molar-refractivity contribution in [2.75, 3.05) is 31.3 Å². The number of benzene rings is 1. The van der Waals surface area contributed by atoms with Crippen molar-refractivity contribution in [2.24, 2.45) is 0 Å². The van der Waals surface area contributed by atoms with E-state index in [2.05, 4.69) is 10.3 Å². The van der Waals surface area contributed by atoms with Gasteiger partial charge in [0.2, 0.25) is 15.9 Å². The van der Waals surface area contributed by atoms with Gasteiger partial charge in [0.1, 0.15) is 0 Å². The van der Waals surface area contributed by atoms with Crippen LogP contribution in [-0.2, 0) is 21.4 Å². The minimum atomic E-state index is -3.58. The number of sulfonamides is 1. The second-order valence-corrected chi connectivity index (χ2v) is 7.67. The molecule has 0 radical (unpaired) electrons. The molecule has 1 N–H and O–H groups in total. The van der Waals surface area contributed by atoms with Gasteiger partial charge in [-0.05, 0) is 23.8 Å². The number of carbonyl (C=O) groups excluding carboxylic acids is 1. The third-order valence-corrected chi connectivity index (χ3v) is 5.00.